The number of rotatable bonds is 6. The Morgan fingerprint density at radius 3 is 0.660 bits per heavy atom. The quantitative estimate of drug-likeness (QED) is 0.127. The van der Waals surface area contributed by atoms with Crippen LogP contribution in [0.4, 0.5) is 83.4 Å². The number of hydrogen-bond donors (Lipinski definition) is 0. The fourth-order valence-corrected chi connectivity index (χ4v) is 6.07. The van der Waals surface area contributed by atoms with E-state index in [9.17, 15) is 39.5 Å². The highest BCUT2D eigenvalue weighted by Gasteiger charge is 2.52. The first-order valence-corrected chi connectivity index (χ1v) is 13.1. The summed E-state index contributed by atoms with van der Waals surface area (Å²) in [6.45, 7) is 0. The van der Waals surface area contributed by atoms with Gasteiger partial charge in [-0.1, -0.05) is 0 Å². The third-order valence-corrected chi connectivity index (χ3v) is 8.34. The maximum Gasteiger partial charge on any atom is 0.200 e. The summed E-state index contributed by atoms with van der Waals surface area (Å²) in [6, 6.07) is 0. The van der Waals surface area contributed by atoms with Crippen LogP contribution in [0.15, 0.2) is 0 Å². The van der Waals surface area contributed by atoms with Crippen LogP contribution in [0.5, 0.6) is 0 Å². The second-order valence-corrected chi connectivity index (χ2v) is 11.0. The molecule has 47 heavy (non-hydrogen) atoms. The molecule has 0 N–H and O–H groups in total. The molecule has 4 aromatic carbocycles. The van der Waals surface area contributed by atoms with E-state index in [1.807, 2.05) is 0 Å². The normalized spacial score (nSPS) is 12.3. The van der Waals surface area contributed by atoms with Gasteiger partial charge in [-0.25, -0.2) is 83.4 Å². The SMILES string of the molecule is CO[SiH2]c1c(F)c(F)c([B-](c2c(F)c(F)c(F)c(F)c2F)(c2c(F)c(F)c(F)c(F)c2F)c2c(F)c(F)c(F)c(F)c2F)c(F)c1F. The van der Waals surface area contributed by atoms with Crippen molar-refractivity contribution in [2.24, 2.45) is 0 Å². The molecule has 0 atom stereocenters. The highest BCUT2D eigenvalue weighted by Crippen LogP contribution is 2.29. The molecule has 0 unspecified atom stereocenters. The Balaban J connectivity index is 2.67. The molecular formula is C25H5BF19OSi-. The predicted octanol–water partition coefficient (Wildman–Crippen LogP) is 4.06. The second-order valence-electron chi connectivity index (χ2n) is 9.40. The third kappa shape index (κ3) is 4.69. The fourth-order valence-electron chi connectivity index (χ4n) is 5.22. The Hall–Kier alpha value is -4.21. The maximum atomic E-state index is 15.9. The van der Waals surface area contributed by atoms with Crippen LogP contribution in [0.1, 0.15) is 0 Å². The molecule has 0 saturated heterocycles. The van der Waals surface area contributed by atoms with E-state index < -0.39 is 153 Å². The van der Waals surface area contributed by atoms with Gasteiger partial charge in [-0.3, -0.25) is 0 Å². The third-order valence-electron chi connectivity index (χ3n) is 7.14. The standard InChI is InChI=1S/C25H5BF19OSi/c1-46-47-25-23(44)12(33)5(13(34)24(25)45)26(2-6(27)14(35)20(41)15(36)7(2)28,3-8(29)16(37)21(42)17(38)9(3)30)4-10(31)18(39)22(43)19(40)11(4)32/h47H2,1H3/q-1. The maximum absolute atomic E-state index is 15.9. The molecule has 0 bridgehead atoms. The Kier molecular flexibility index (Phi) is 9.18. The minimum Gasteiger partial charge on any atom is -0.421 e. The van der Waals surface area contributed by atoms with Gasteiger partial charge in [0.05, 0.1) is 0 Å². The summed E-state index contributed by atoms with van der Waals surface area (Å²) in [5, 5.41) is -1.80. The topological polar surface area (TPSA) is 9.23 Å². The molecule has 0 fully saturated rings. The molecule has 0 heterocycles. The van der Waals surface area contributed by atoms with Crippen molar-refractivity contribution in [1.82, 2.24) is 0 Å². The molecule has 0 spiro atoms. The van der Waals surface area contributed by atoms with Crippen molar-refractivity contribution in [3.63, 3.8) is 0 Å². The van der Waals surface area contributed by atoms with Gasteiger partial charge in [-0.15, -0.1) is 21.9 Å². The zero-order valence-corrected chi connectivity index (χ0v) is 23.3. The van der Waals surface area contributed by atoms with E-state index in [1.54, 1.807) is 0 Å². The van der Waals surface area contributed by atoms with Crippen molar-refractivity contribution in [3.05, 3.63) is 111 Å². The van der Waals surface area contributed by atoms with Gasteiger partial charge in [0.15, 0.2) is 73.8 Å². The minimum atomic E-state index is -7.09. The lowest BCUT2D eigenvalue weighted by Gasteiger charge is -2.45. The highest BCUT2D eigenvalue weighted by atomic mass is 28.2. The molecule has 0 aromatic heterocycles. The molecule has 4 aromatic rings. The van der Waals surface area contributed by atoms with Gasteiger partial charge in [0.25, 0.3) is 0 Å². The van der Waals surface area contributed by atoms with Crippen LogP contribution in [0, 0.1) is 111 Å². The van der Waals surface area contributed by atoms with Crippen molar-refractivity contribution >= 4 is 42.9 Å². The van der Waals surface area contributed by atoms with Crippen LogP contribution in [0.2, 0.25) is 0 Å². The van der Waals surface area contributed by atoms with E-state index in [4.69, 9.17) is 0 Å². The molecule has 22 heteroatoms. The summed E-state index contributed by atoms with van der Waals surface area (Å²) in [7, 11) is -2.37. The molecular weight excluding hydrogens is 716 g/mol. The lowest BCUT2D eigenvalue weighted by atomic mass is 9.12. The highest BCUT2D eigenvalue weighted by molar-refractivity contribution is 7.20. The molecule has 0 saturated carbocycles. The summed E-state index contributed by atoms with van der Waals surface area (Å²) in [5.74, 6) is -65.0. The molecule has 252 valence electrons. The largest absolute Gasteiger partial charge is 0.421 e. The first-order chi connectivity index (χ1) is 21.7. The van der Waals surface area contributed by atoms with Crippen LogP contribution < -0.4 is 27.0 Å². The van der Waals surface area contributed by atoms with Crippen LogP contribution in [0.25, 0.3) is 0 Å². The molecule has 0 aliphatic heterocycles. The molecule has 0 aliphatic carbocycles. The summed E-state index contributed by atoms with van der Waals surface area (Å²) >= 11 is 0. The monoisotopic (exact) mass is 721 g/mol. The fraction of sp³-hybridized carbons (Fsp3) is 0.0400. The van der Waals surface area contributed by atoms with Gasteiger partial charge in [0, 0.05) is 12.3 Å². The van der Waals surface area contributed by atoms with Crippen molar-refractivity contribution in [2.45, 2.75) is 0 Å². The van der Waals surface area contributed by atoms with E-state index in [2.05, 4.69) is 4.43 Å². The smallest absolute Gasteiger partial charge is 0.200 e. The van der Waals surface area contributed by atoms with Crippen molar-refractivity contribution in [1.29, 1.82) is 0 Å². The van der Waals surface area contributed by atoms with Gasteiger partial charge < -0.3 is 4.43 Å². The Labute approximate surface area is 249 Å². The lowest BCUT2D eigenvalue weighted by Crippen LogP contribution is -2.81. The Morgan fingerprint density at radius 1 is 0.298 bits per heavy atom. The van der Waals surface area contributed by atoms with Crippen LogP contribution in [-0.4, -0.2) is 23.0 Å². The molecule has 0 amide bonds. The van der Waals surface area contributed by atoms with E-state index >= 15 is 43.9 Å². The summed E-state index contributed by atoms with van der Waals surface area (Å²) in [4.78, 5) is 0. The first-order valence-electron chi connectivity index (χ1n) is 11.8. The van der Waals surface area contributed by atoms with Crippen molar-refractivity contribution in [3.8, 4) is 0 Å². The summed E-state index contributed by atoms with van der Waals surface area (Å²) in [5.41, 5.74) is -13.8. The zero-order chi connectivity index (χ0) is 35.8. The number of benzene rings is 4. The predicted molar refractivity (Wildman–Crippen MR) is 124 cm³/mol. The van der Waals surface area contributed by atoms with E-state index in [-0.39, 0.29) is 0 Å². The van der Waals surface area contributed by atoms with Gasteiger partial charge >= 0.3 is 0 Å². The van der Waals surface area contributed by atoms with E-state index in [1.165, 1.54) is 0 Å². The van der Waals surface area contributed by atoms with Gasteiger partial charge in [-0.05, 0) is 0 Å². The first kappa shape index (κ1) is 35.6. The molecule has 0 aliphatic rings. The molecule has 1 nitrogen and oxygen atoms in total. The number of halogens is 19. The lowest BCUT2D eigenvalue weighted by molar-refractivity contribution is 0.379. The Morgan fingerprint density at radius 2 is 0.468 bits per heavy atom. The zero-order valence-electron chi connectivity index (χ0n) is 21.9. The average Bonchev–Trinajstić information content (AvgIpc) is 3.03. The van der Waals surface area contributed by atoms with Gasteiger partial charge in [0.2, 0.25) is 0 Å². The van der Waals surface area contributed by atoms with E-state index in [0.717, 1.165) is 0 Å². The van der Waals surface area contributed by atoms with Crippen molar-refractivity contribution < 1.29 is 87.8 Å². The number of hydrogen-bond acceptors (Lipinski definition) is 1. The average molecular weight is 721 g/mol. The minimum absolute atomic E-state index is 0.654. The van der Waals surface area contributed by atoms with E-state index in [0.29, 0.717) is 7.11 Å². The van der Waals surface area contributed by atoms with Crippen LogP contribution in [0.3, 0.4) is 0 Å². The second kappa shape index (κ2) is 12.1. The van der Waals surface area contributed by atoms with Gasteiger partial charge in [-0.2, -0.15) is 0 Å². The summed E-state index contributed by atoms with van der Waals surface area (Å²) in [6.07, 6.45) is -7.09. The van der Waals surface area contributed by atoms with Gasteiger partial charge in [0.1, 0.15) is 52.7 Å². The molecule has 4 rings (SSSR count). The van der Waals surface area contributed by atoms with Crippen molar-refractivity contribution in [2.75, 3.05) is 7.11 Å². The summed E-state index contributed by atoms with van der Waals surface area (Å²) < 4.78 is 289. The molecule has 0 radical (unpaired) electrons. The van der Waals surface area contributed by atoms with Crippen LogP contribution in [-0.2, 0) is 4.43 Å². The van der Waals surface area contributed by atoms with Crippen LogP contribution >= 0.6 is 0 Å². The Bertz CT molecular complexity index is 1730.